The van der Waals surface area contributed by atoms with Crippen LogP contribution in [0, 0.1) is 11.8 Å². The number of hydrogen-bond donors (Lipinski definition) is 0. The third-order valence-corrected chi connectivity index (χ3v) is 5.17. The zero-order valence-corrected chi connectivity index (χ0v) is 15.3. The van der Waals surface area contributed by atoms with E-state index in [1.807, 2.05) is 0 Å². The van der Waals surface area contributed by atoms with Gasteiger partial charge in [-0.25, -0.2) is 0 Å². The summed E-state index contributed by atoms with van der Waals surface area (Å²) in [4.78, 5) is 22.3. The van der Waals surface area contributed by atoms with Gasteiger partial charge in [-0.1, -0.05) is 90.9 Å². The summed E-state index contributed by atoms with van der Waals surface area (Å²) in [6, 6.07) is 0. The fourth-order valence-electron chi connectivity index (χ4n) is 3.51. The van der Waals surface area contributed by atoms with Crippen LogP contribution in [-0.4, -0.2) is 11.9 Å². The average molecular weight is 325 g/mol. The zero-order chi connectivity index (χ0) is 16.9. The number of carbonyl (C=O) groups excluding carboxylic acids is 2. The van der Waals surface area contributed by atoms with Gasteiger partial charge in [-0.2, -0.15) is 0 Å². The van der Waals surface area contributed by atoms with Gasteiger partial charge in [0.05, 0.1) is 12.3 Å². The molecule has 1 rings (SSSR count). The lowest BCUT2D eigenvalue weighted by atomic mass is 9.92. The minimum Gasteiger partial charge on any atom is -0.393 e. The van der Waals surface area contributed by atoms with E-state index >= 15 is 0 Å². The first-order valence-corrected chi connectivity index (χ1v) is 9.91. The number of ether oxygens (including phenoxy) is 1. The van der Waals surface area contributed by atoms with Crippen molar-refractivity contribution in [2.24, 2.45) is 11.8 Å². The number of unbranched alkanes of at least 4 members (excludes halogenated alkanes) is 7. The van der Waals surface area contributed by atoms with Crippen molar-refractivity contribution in [3.63, 3.8) is 0 Å². The molecular weight excluding hydrogens is 288 g/mol. The molecule has 1 heterocycles. The van der Waals surface area contributed by atoms with Gasteiger partial charge in [0.1, 0.15) is 0 Å². The fourth-order valence-corrected chi connectivity index (χ4v) is 3.51. The smallest absolute Gasteiger partial charge is 0.317 e. The SMILES string of the molecule is CCCCCCC(CC)CCCCCCCC1CC(=O)OC1=O. The Morgan fingerprint density at radius 2 is 1.52 bits per heavy atom. The normalized spacial score (nSPS) is 19.1. The van der Waals surface area contributed by atoms with Gasteiger partial charge in [0.25, 0.3) is 0 Å². The second kappa shape index (κ2) is 12.5. The molecule has 1 saturated heterocycles. The number of esters is 2. The Bertz CT molecular complexity index is 338. The second-order valence-corrected chi connectivity index (χ2v) is 7.16. The molecule has 1 aliphatic rings. The van der Waals surface area contributed by atoms with Gasteiger partial charge in [-0.15, -0.1) is 0 Å². The second-order valence-electron chi connectivity index (χ2n) is 7.16. The van der Waals surface area contributed by atoms with Crippen LogP contribution in [0.15, 0.2) is 0 Å². The van der Waals surface area contributed by atoms with Crippen molar-refractivity contribution in [3.8, 4) is 0 Å². The molecule has 1 aliphatic heterocycles. The fraction of sp³-hybridized carbons (Fsp3) is 0.900. The lowest BCUT2D eigenvalue weighted by Crippen LogP contribution is -2.07. The quantitative estimate of drug-likeness (QED) is 0.230. The molecule has 0 saturated carbocycles. The molecule has 0 radical (unpaired) electrons. The standard InChI is InChI=1S/C20H36O3/c1-3-5-6-10-13-17(4-2)14-11-8-7-9-12-15-18-16-19(21)23-20(18)22/h17-18H,3-16H2,1-2H3. The summed E-state index contributed by atoms with van der Waals surface area (Å²) >= 11 is 0. The molecule has 2 unspecified atom stereocenters. The summed E-state index contributed by atoms with van der Waals surface area (Å²) in [5.41, 5.74) is 0. The molecule has 0 N–H and O–H groups in total. The van der Waals surface area contributed by atoms with Crippen LogP contribution in [-0.2, 0) is 14.3 Å². The largest absolute Gasteiger partial charge is 0.393 e. The molecule has 3 heteroatoms. The maximum Gasteiger partial charge on any atom is 0.317 e. The first-order chi connectivity index (χ1) is 11.2. The molecule has 0 amide bonds. The van der Waals surface area contributed by atoms with Gasteiger partial charge in [0.2, 0.25) is 0 Å². The highest BCUT2D eigenvalue weighted by molar-refractivity contribution is 5.94. The van der Waals surface area contributed by atoms with Gasteiger partial charge >= 0.3 is 11.9 Å². The van der Waals surface area contributed by atoms with E-state index in [4.69, 9.17) is 0 Å². The predicted octanol–water partition coefficient (Wildman–Crippen LogP) is 5.80. The Balaban J connectivity index is 1.93. The van der Waals surface area contributed by atoms with Gasteiger partial charge in [0, 0.05) is 0 Å². The minimum absolute atomic E-state index is 0.157. The van der Waals surface area contributed by atoms with Crippen molar-refractivity contribution >= 4 is 11.9 Å². The van der Waals surface area contributed by atoms with Crippen LogP contribution in [0.2, 0.25) is 0 Å². The molecular formula is C20H36O3. The van der Waals surface area contributed by atoms with E-state index in [9.17, 15) is 9.59 Å². The highest BCUT2D eigenvalue weighted by atomic mass is 16.6. The van der Waals surface area contributed by atoms with E-state index in [0.29, 0.717) is 6.42 Å². The molecule has 0 aromatic heterocycles. The van der Waals surface area contributed by atoms with Crippen molar-refractivity contribution in [3.05, 3.63) is 0 Å². The summed E-state index contributed by atoms with van der Waals surface area (Å²) < 4.78 is 4.58. The van der Waals surface area contributed by atoms with Gasteiger partial charge < -0.3 is 4.74 Å². The van der Waals surface area contributed by atoms with Crippen molar-refractivity contribution in [2.75, 3.05) is 0 Å². The molecule has 2 atom stereocenters. The van der Waals surface area contributed by atoms with Crippen molar-refractivity contribution < 1.29 is 14.3 Å². The van der Waals surface area contributed by atoms with Crippen LogP contribution in [0.1, 0.15) is 104 Å². The lowest BCUT2D eigenvalue weighted by molar-refractivity contribution is -0.153. The monoisotopic (exact) mass is 324 g/mol. The van der Waals surface area contributed by atoms with E-state index in [0.717, 1.165) is 18.8 Å². The van der Waals surface area contributed by atoms with Crippen molar-refractivity contribution in [1.82, 2.24) is 0 Å². The molecule has 0 aliphatic carbocycles. The maximum atomic E-state index is 11.3. The Kier molecular flexibility index (Phi) is 11.0. The van der Waals surface area contributed by atoms with Gasteiger partial charge in [0.15, 0.2) is 0 Å². The van der Waals surface area contributed by atoms with Crippen molar-refractivity contribution in [2.45, 2.75) is 104 Å². The summed E-state index contributed by atoms with van der Waals surface area (Å²) in [5, 5.41) is 0. The zero-order valence-electron chi connectivity index (χ0n) is 15.3. The first-order valence-electron chi connectivity index (χ1n) is 9.91. The third-order valence-electron chi connectivity index (χ3n) is 5.17. The topological polar surface area (TPSA) is 43.4 Å². The molecule has 0 aromatic carbocycles. The highest BCUT2D eigenvalue weighted by Gasteiger charge is 2.32. The molecule has 134 valence electrons. The molecule has 3 nitrogen and oxygen atoms in total. The summed E-state index contributed by atoms with van der Waals surface area (Å²) in [6.45, 7) is 4.59. The van der Waals surface area contributed by atoms with Crippen LogP contribution in [0.3, 0.4) is 0 Å². The summed E-state index contributed by atoms with van der Waals surface area (Å²) in [5.74, 6) is 0.120. The third kappa shape index (κ3) is 9.12. The Hall–Kier alpha value is -0.860. The van der Waals surface area contributed by atoms with Crippen LogP contribution in [0.5, 0.6) is 0 Å². The summed E-state index contributed by atoms with van der Waals surface area (Å²) in [7, 11) is 0. The highest BCUT2D eigenvalue weighted by Crippen LogP contribution is 2.24. The number of hydrogen-bond acceptors (Lipinski definition) is 3. The molecule has 1 fully saturated rings. The van der Waals surface area contributed by atoms with E-state index in [1.54, 1.807) is 0 Å². The van der Waals surface area contributed by atoms with Gasteiger partial charge in [-0.05, 0) is 12.3 Å². The van der Waals surface area contributed by atoms with E-state index in [-0.39, 0.29) is 17.9 Å². The minimum atomic E-state index is -0.343. The molecule has 0 spiro atoms. The van der Waals surface area contributed by atoms with Crippen molar-refractivity contribution in [1.29, 1.82) is 0 Å². The van der Waals surface area contributed by atoms with Gasteiger partial charge in [-0.3, -0.25) is 9.59 Å². The lowest BCUT2D eigenvalue weighted by Gasteiger charge is -2.14. The van der Waals surface area contributed by atoms with Crippen LogP contribution >= 0.6 is 0 Å². The number of cyclic esters (lactones) is 2. The van der Waals surface area contributed by atoms with E-state index < -0.39 is 0 Å². The summed E-state index contributed by atoms with van der Waals surface area (Å²) in [6.07, 6.45) is 16.9. The predicted molar refractivity (Wildman–Crippen MR) is 94.1 cm³/mol. The molecule has 0 aromatic rings. The van der Waals surface area contributed by atoms with Crippen LogP contribution < -0.4 is 0 Å². The molecule has 23 heavy (non-hydrogen) atoms. The average Bonchev–Trinajstić information content (AvgIpc) is 2.86. The Labute approximate surface area is 142 Å². The number of carbonyl (C=O) groups is 2. The van der Waals surface area contributed by atoms with Crippen LogP contribution in [0.4, 0.5) is 0 Å². The van der Waals surface area contributed by atoms with E-state index in [1.165, 1.54) is 70.6 Å². The maximum absolute atomic E-state index is 11.3. The first kappa shape index (κ1) is 20.2. The Morgan fingerprint density at radius 1 is 0.913 bits per heavy atom. The van der Waals surface area contributed by atoms with E-state index in [2.05, 4.69) is 18.6 Å². The number of rotatable bonds is 14. The Morgan fingerprint density at radius 3 is 2.09 bits per heavy atom. The van der Waals surface area contributed by atoms with Crippen LogP contribution in [0.25, 0.3) is 0 Å². The molecule has 0 bridgehead atoms.